The summed E-state index contributed by atoms with van der Waals surface area (Å²) in [5.41, 5.74) is 2.75. The Hall–Kier alpha value is -2.88. The van der Waals surface area contributed by atoms with Crippen LogP contribution in [-0.2, 0) is 9.53 Å². The summed E-state index contributed by atoms with van der Waals surface area (Å²) in [6, 6.07) is 15.8. The van der Waals surface area contributed by atoms with Gasteiger partial charge in [0, 0.05) is 17.9 Å². The van der Waals surface area contributed by atoms with Crippen molar-refractivity contribution in [2.45, 2.75) is 91.1 Å². The van der Waals surface area contributed by atoms with Crippen molar-refractivity contribution in [1.29, 1.82) is 0 Å². The lowest BCUT2D eigenvalue weighted by atomic mass is 10.1. The first kappa shape index (κ1) is 28.4. The number of aliphatic imine (C=N–C) groups is 1. The largest absolute Gasteiger partial charge is 0.493 e. The van der Waals surface area contributed by atoms with Crippen LogP contribution in [0.15, 0.2) is 59.6 Å². The second-order valence-electron chi connectivity index (χ2n) is 9.08. The normalized spacial score (nSPS) is 12.3. The van der Waals surface area contributed by atoms with Gasteiger partial charge in [0.15, 0.2) is 0 Å². The van der Waals surface area contributed by atoms with Gasteiger partial charge in [-0.2, -0.15) is 0 Å². The van der Waals surface area contributed by atoms with Crippen LogP contribution in [0.25, 0.3) is 6.08 Å². The van der Waals surface area contributed by atoms with Crippen molar-refractivity contribution in [3.63, 3.8) is 0 Å². The Morgan fingerprint density at radius 2 is 1.57 bits per heavy atom. The summed E-state index contributed by atoms with van der Waals surface area (Å²) in [5.74, 6) is 0.561. The number of para-hydroxylation sites is 1. The molecule has 0 fully saturated rings. The molecular formula is C31H43NO3. The van der Waals surface area contributed by atoms with E-state index in [-0.39, 0.29) is 12.1 Å². The molecule has 0 aromatic heterocycles. The smallest absolute Gasteiger partial charge is 0.331 e. The van der Waals surface area contributed by atoms with Crippen LogP contribution in [0, 0.1) is 0 Å². The molecular weight excluding hydrogens is 434 g/mol. The zero-order chi connectivity index (χ0) is 25.1. The number of unbranched alkanes of at least 4 members (excludes halogenated alkanes) is 7. The highest BCUT2D eigenvalue weighted by Gasteiger charge is 2.05. The predicted molar refractivity (Wildman–Crippen MR) is 148 cm³/mol. The molecule has 0 saturated carbocycles. The van der Waals surface area contributed by atoms with E-state index in [0.717, 1.165) is 48.4 Å². The molecule has 2 aromatic rings. The number of hydrogen-bond donors (Lipinski definition) is 0. The van der Waals surface area contributed by atoms with E-state index >= 15 is 0 Å². The van der Waals surface area contributed by atoms with E-state index in [1.54, 1.807) is 6.08 Å². The minimum Gasteiger partial charge on any atom is -0.493 e. The third-order valence-electron chi connectivity index (χ3n) is 5.84. The van der Waals surface area contributed by atoms with Crippen molar-refractivity contribution >= 4 is 23.9 Å². The first-order valence-electron chi connectivity index (χ1n) is 13.4. The van der Waals surface area contributed by atoms with Gasteiger partial charge in [0.2, 0.25) is 0 Å². The first-order chi connectivity index (χ1) is 17.1. The second kappa shape index (κ2) is 17.5. The maximum absolute atomic E-state index is 11.9. The van der Waals surface area contributed by atoms with Gasteiger partial charge in [0.05, 0.1) is 18.4 Å². The monoisotopic (exact) mass is 477 g/mol. The Kier molecular flexibility index (Phi) is 14.2. The van der Waals surface area contributed by atoms with Gasteiger partial charge in [0.1, 0.15) is 5.75 Å². The van der Waals surface area contributed by atoms with E-state index < -0.39 is 0 Å². The molecule has 0 amide bonds. The highest BCUT2D eigenvalue weighted by Crippen LogP contribution is 2.19. The molecule has 0 radical (unpaired) electrons. The minimum atomic E-state index is -0.309. The molecule has 2 rings (SSSR count). The number of nitrogens with zero attached hydrogens (tertiary/aromatic N) is 1. The molecule has 35 heavy (non-hydrogen) atoms. The summed E-state index contributed by atoms with van der Waals surface area (Å²) in [4.78, 5) is 16.5. The Bertz CT molecular complexity index is 902. The number of carbonyl (C=O) groups is 1. The zero-order valence-corrected chi connectivity index (χ0v) is 21.9. The van der Waals surface area contributed by atoms with Crippen LogP contribution in [0.2, 0.25) is 0 Å². The van der Waals surface area contributed by atoms with Crippen molar-refractivity contribution in [1.82, 2.24) is 0 Å². The Balaban J connectivity index is 1.80. The van der Waals surface area contributed by atoms with E-state index in [1.807, 2.05) is 61.7 Å². The molecule has 2 aromatic carbocycles. The maximum Gasteiger partial charge on any atom is 0.331 e. The highest BCUT2D eigenvalue weighted by molar-refractivity contribution is 5.87. The molecule has 0 aliphatic carbocycles. The second-order valence-corrected chi connectivity index (χ2v) is 9.08. The first-order valence-corrected chi connectivity index (χ1v) is 13.4. The van der Waals surface area contributed by atoms with Crippen molar-refractivity contribution < 1.29 is 14.3 Å². The summed E-state index contributed by atoms with van der Waals surface area (Å²) < 4.78 is 11.4. The summed E-state index contributed by atoms with van der Waals surface area (Å²) in [6.07, 6.45) is 17.2. The van der Waals surface area contributed by atoms with Gasteiger partial charge in [-0.15, -0.1) is 0 Å². The highest BCUT2D eigenvalue weighted by atomic mass is 16.5. The number of ether oxygens (including phenoxy) is 2. The van der Waals surface area contributed by atoms with Gasteiger partial charge in [-0.3, -0.25) is 4.99 Å². The standard InChI is InChI=1S/C31H43NO3/c1-4-6-7-8-9-10-11-14-24-34-30-17-13-12-16-28(30)25-32-29-21-18-27(19-22-29)20-23-31(33)35-26(3)15-5-2/h12-13,16-23,25-26H,4-11,14-15,24H2,1-3H3/b23-20+,32-25-. The number of hydrogen-bond acceptors (Lipinski definition) is 4. The van der Waals surface area contributed by atoms with Crippen LogP contribution in [0.1, 0.15) is 96.1 Å². The Morgan fingerprint density at radius 3 is 2.29 bits per heavy atom. The molecule has 4 nitrogen and oxygen atoms in total. The summed E-state index contributed by atoms with van der Waals surface area (Å²) in [7, 11) is 0. The number of rotatable bonds is 17. The van der Waals surface area contributed by atoms with Gasteiger partial charge in [0.25, 0.3) is 0 Å². The number of benzene rings is 2. The average molecular weight is 478 g/mol. The van der Waals surface area contributed by atoms with E-state index in [1.165, 1.54) is 51.0 Å². The third kappa shape index (κ3) is 12.4. The topological polar surface area (TPSA) is 47.9 Å². The summed E-state index contributed by atoms with van der Waals surface area (Å²) in [6.45, 7) is 6.99. The average Bonchev–Trinajstić information content (AvgIpc) is 2.86. The minimum absolute atomic E-state index is 0.0546. The summed E-state index contributed by atoms with van der Waals surface area (Å²) >= 11 is 0. The van der Waals surface area contributed by atoms with Crippen LogP contribution in [-0.4, -0.2) is 24.9 Å². The molecule has 0 spiro atoms. The molecule has 190 valence electrons. The Morgan fingerprint density at radius 1 is 0.886 bits per heavy atom. The zero-order valence-electron chi connectivity index (χ0n) is 21.9. The van der Waals surface area contributed by atoms with Crippen LogP contribution in [0.4, 0.5) is 5.69 Å². The van der Waals surface area contributed by atoms with E-state index in [9.17, 15) is 4.79 Å². The van der Waals surface area contributed by atoms with Crippen LogP contribution >= 0.6 is 0 Å². The van der Waals surface area contributed by atoms with Gasteiger partial charge >= 0.3 is 5.97 Å². The molecule has 0 bridgehead atoms. The fraction of sp³-hybridized carbons (Fsp3) is 0.484. The molecule has 0 saturated heterocycles. The third-order valence-corrected chi connectivity index (χ3v) is 5.84. The fourth-order valence-electron chi connectivity index (χ4n) is 3.82. The fourth-order valence-corrected chi connectivity index (χ4v) is 3.82. The molecule has 4 heteroatoms. The molecule has 1 atom stereocenters. The van der Waals surface area contributed by atoms with Crippen LogP contribution in [0.3, 0.4) is 0 Å². The van der Waals surface area contributed by atoms with E-state index in [4.69, 9.17) is 9.47 Å². The van der Waals surface area contributed by atoms with Gasteiger partial charge in [-0.05, 0) is 55.7 Å². The van der Waals surface area contributed by atoms with E-state index in [2.05, 4.69) is 18.8 Å². The van der Waals surface area contributed by atoms with Crippen LogP contribution in [0.5, 0.6) is 5.75 Å². The maximum atomic E-state index is 11.9. The quantitative estimate of drug-likeness (QED) is 0.0990. The predicted octanol–water partition coefficient (Wildman–Crippen LogP) is 8.70. The number of carbonyl (C=O) groups excluding carboxylic acids is 1. The van der Waals surface area contributed by atoms with Crippen molar-refractivity contribution in [3.8, 4) is 5.75 Å². The van der Waals surface area contributed by atoms with Crippen molar-refractivity contribution in [2.75, 3.05) is 6.61 Å². The SMILES string of the molecule is CCCCCCCCCCOc1ccccc1/C=N\c1ccc(/C=C/C(=O)OC(C)CCC)cc1. The Labute approximate surface area is 212 Å². The molecule has 1 unspecified atom stereocenters. The number of esters is 1. The molecule has 0 aliphatic heterocycles. The van der Waals surface area contributed by atoms with Crippen molar-refractivity contribution in [3.05, 3.63) is 65.7 Å². The molecule has 0 N–H and O–H groups in total. The van der Waals surface area contributed by atoms with Gasteiger partial charge < -0.3 is 9.47 Å². The lowest BCUT2D eigenvalue weighted by molar-refractivity contribution is -0.142. The molecule has 0 aliphatic rings. The van der Waals surface area contributed by atoms with E-state index in [0.29, 0.717) is 0 Å². The van der Waals surface area contributed by atoms with Gasteiger partial charge in [-0.1, -0.05) is 89.5 Å². The lowest BCUT2D eigenvalue weighted by Crippen LogP contribution is -2.12. The molecule has 0 heterocycles. The summed E-state index contributed by atoms with van der Waals surface area (Å²) in [5, 5.41) is 0. The van der Waals surface area contributed by atoms with Crippen molar-refractivity contribution in [2.24, 2.45) is 4.99 Å². The van der Waals surface area contributed by atoms with Gasteiger partial charge in [-0.25, -0.2) is 4.79 Å². The van der Waals surface area contributed by atoms with Crippen LogP contribution < -0.4 is 4.74 Å². The lowest BCUT2D eigenvalue weighted by Gasteiger charge is -2.09.